The van der Waals surface area contributed by atoms with Crippen molar-refractivity contribution in [2.75, 3.05) is 30.8 Å². The van der Waals surface area contributed by atoms with Crippen LogP contribution in [0.3, 0.4) is 0 Å². The largest absolute Gasteiger partial charge is 0.465 e. The van der Waals surface area contributed by atoms with E-state index in [2.05, 4.69) is 0 Å². The van der Waals surface area contributed by atoms with Crippen LogP contribution >= 0.6 is 0 Å². The summed E-state index contributed by atoms with van der Waals surface area (Å²) in [5, 5.41) is 19.6. The molecule has 1 atom stereocenters. The van der Waals surface area contributed by atoms with Crippen LogP contribution in [0.25, 0.3) is 0 Å². The van der Waals surface area contributed by atoms with Gasteiger partial charge < -0.3 is 15.1 Å². The van der Waals surface area contributed by atoms with E-state index >= 15 is 0 Å². The summed E-state index contributed by atoms with van der Waals surface area (Å²) in [7, 11) is -3.31. The lowest BCUT2D eigenvalue weighted by molar-refractivity contribution is -0.0173. The number of hydrogen-bond acceptors (Lipinski definition) is 5. The Morgan fingerprint density at radius 3 is 2.48 bits per heavy atom. The van der Waals surface area contributed by atoms with Crippen molar-refractivity contribution in [1.29, 1.82) is 0 Å². The quantitative estimate of drug-likeness (QED) is 0.851. The number of carbonyl (C=O) groups is 1. The summed E-state index contributed by atoms with van der Waals surface area (Å²) in [6.45, 7) is 4.12. The van der Waals surface area contributed by atoms with Gasteiger partial charge >= 0.3 is 6.09 Å². The molecule has 0 unspecified atom stereocenters. The molecular formula is C15H22N2O5S. The van der Waals surface area contributed by atoms with Gasteiger partial charge in [0.2, 0.25) is 0 Å². The lowest BCUT2D eigenvalue weighted by Gasteiger charge is -2.45. The van der Waals surface area contributed by atoms with Crippen LogP contribution in [0.5, 0.6) is 0 Å². The van der Waals surface area contributed by atoms with Gasteiger partial charge in [-0.05, 0) is 32.0 Å². The minimum absolute atomic E-state index is 0.218. The Morgan fingerprint density at radius 2 is 1.96 bits per heavy atom. The molecular weight excluding hydrogens is 320 g/mol. The second-order valence-electron chi connectivity index (χ2n) is 6.36. The lowest BCUT2D eigenvalue weighted by atomic mass is 9.95. The Labute approximate surface area is 136 Å². The predicted octanol–water partition coefficient (Wildman–Crippen LogP) is 1.03. The van der Waals surface area contributed by atoms with Gasteiger partial charge in [0.1, 0.15) is 0 Å². The SMILES string of the molecule is CC(C)(O)[C@@H]1CN(c2cccc(S(C)(=O)=O)c2)CCN1C(=O)O. The van der Waals surface area contributed by atoms with Crippen molar-refractivity contribution < 1.29 is 23.4 Å². The van der Waals surface area contributed by atoms with E-state index in [4.69, 9.17) is 0 Å². The van der Waals surface area contributed by atoms with E-state index in [1.807, 2.05) is 4.90 Å². The zero-order chi connectivity index (χ0) is 17.4. The maximum atomic E-state index is 11.7. The van der Waals surface area contributed by atoms with Crippen LogP contribution in [0.15, 0.2) is 29.2 Å². The first kappa shape index (κ1) is 17.6. The lowest BCUT2D eigenvalue weighted by Crippen LogP contribution is -2.62. The Morgan fingerprint density at radius 1 is 1.30 bits per heavy atom. The highest BCUT2D eigenvalue weighted by Crippen LogP contribution is 2.26. The van der Waals surface area contributed by atoms with Gasteiger partial charge in [-0.1, -0.05) is 6.07 Å². The molecule has 23 heavy (non-hydrogen) atoms. The van der Waals surface area contributed by atoms with E-state index in [0.29, 0.717) is 18.8 Å². The molecule has 0 spiro atoms. The number of amides is 1. The van der Waals surface area contributed by atoms with Gasteiger partial charge in [-0.15, -0.1) is 0 Å². The molecule has 0 aromatic heterocycles. The fourth-order valence-corrected chi connectivity index (χ4v) is 3.42. The Bertz CT molecular complexity index is 696. The van der Waals surface area contributed by atoms with Crippen molar-refractivity contribution in [2.45, 2.75) is 30.4 Å². The van der Waals surface area contributed by atoms with Gasteiger partial charge in [0.05, 0.1) is 16.5 Å². The Hall–Kier alpha value is -1.80. The van der Waals surface area contributed by atoms with Crippen molar-refractivity contribution in [3.8, 4) is 0 Å². The van der Waals surface area contributed by atoms with E-state index in [0.717, 1.165) is 6.26 Å². The molecule has 1 amide bonds. The first-order valence-corrected chi connectivity index (χ1v) is 9.16. The van der Waals surface area contributed by atoms with Gasteiger partial charge in [-0.25, -0.2) is 13.2 Å². The molecule has 7 nitrogen and oxygen atoms in total. The van der Waals surface area contributed by atoms with Gasteiger partial charge in [0.25, 0.3) is 0 Å². The number of piperazine rings is 1. The fourth-order valence-electron chi connectivity index (χ4n) is 2.76. The molecule has 1 aromatic carbocycles. The molecule has 0 saturated carbocycles. The number of sulfone groups is 1. The van der Waals surface area contributed by atoms with Gasteiger partial charge in [-0.2, -0.15) is 0 Å². The van der Waals surface area contributed by atoms with Gasteiger partial charge in [0.15, 0.2) is 9.84 Å². The smallest absolute Gasteiger partial charge is 0.407 e. The molecule has 1 heterocycles. The van der Waals surface area contributed by atoms with Crippen LogP contribution in [0.4, 0.5) is 10.5 Å². The average molecular weight is 342 g/mol. The van der Waals surface area contributed by atoms with Crippen LogP contribution < -0.4 is 4.90 Å². The van der Waals surface area contributed by atoms with Crippen LogP contribution in [-0.2, 0) is 9.84 Å². The molecule has 1 saturated heterocycles. The average Bonchev–Trinajstić information content (AvgIpc) is 2.45. The maximum absolute atomic E-state index is 11.7. The van der Waals surface area contributed by atoms with Gasteiger partial charge in [0, 0.05) is 31.6 Å². The molecule has 128 valence electrons. The summed E-state index contributed by atoms with van der Waals surface area (Å²) >= 11 is 0. The highest BCUT2D eigenvalue weighted by Gasteiger charge is 2.39. The molecule has 8 heteroatoms. The monoisotopic (exact) mass is 342 g/mol. The second-order valence-corrected chi connectivity index (χ2v) is 8.38. The molecule has 0 aliphatic carbocycles. The van der Waals surface area contributed by atoms with Crippen LogP contribution in [-0.4, -0.2) is 67.2 Å². The van der Waals surface area contributed by atoms with E-state index < -0.39 is 27.6 Å². The summed E-state index contributed by atoms with van der Waals surface area (Å²) in [6.07, 6.45) is 0.0790. The van der Waals surface area contributed by atoms with E-state index in [-0.39, 0.29) is 11.4 Å². The number of carboxylic acid groups (broad SMARTS) is 1. The molecule has 0 radical (unpaired) electrons. The summed E-state index contributed by atoms with van der Waals surface area (Å²) in [5.41, 5.74) is -0.502. The normalized spacial score (nSPS) is 19.7. The first-order chi connectivity index (χ1) is 10.5. The minimum atomic E-state index is -3.31. The summed E-state index contributed by atoms with van der Waals surface area (Å²) in [4.78, 5) is 14.7. The highest BCUT2D eigenvalue weighted by molar-refractivity contribution is 7.90. The van der Waals surface area contributed by atoms with Crippen molar-refractivity contribution in [2.24, 2.45) is 0 Å². The summed E-state index contributed by atoms with van der Waals surface area (Å²) in [6, 6.07) is 5.95. The van der Waals surface area contributed by atoms with Gasteiger partial charge in [-0.3, -0.25) is 4.90 Å². The third-order valence-corrected chi connectivity index (χ3v) is 5.16. The second kappa shape index (κ2) is 6.01. The third kappa shape index (κ3) is 3.94. The van der Waals surface area contributed by atoms with E-state index in [9.17, 15) is 23.4 Å². The van der Waals surface area contributed by atoms with Crippen LogP contribution in [0.1, 0.15) is 13.8 Å². The van der Waals surface area contributed by atoms with Crippen LogP contribution in [0.2, 0.25) is 0 Å². The number of rotatable bonds is 3. The molecule has 1 aliphatic rings. The fraction of sp³-hybridized carbons (Fsp3) is 0.533. The topological polar surface area (TPSA) is 98.2 Å². The van der Waals surface area contributed by atoms with Crippen molar-refractivity contribution in [1.82, 2.24) is 4.90 Å². The maximum Gasteiger partial charge on any atom is 0.407 e. The summed E-state index contributed by atoms with van der Waals surface area (Å²) < 4.78 is 23.4. The third-order valence-electron chi connectivity index (χ3n) is 4.05. The van der Waals surface area contributed by atoms with Crippen LogP contribution in [0, 0.1) is 0 Å². The highest BCUT2D eigenvalue weighted by atomic mass is 32.2. The molecule has 2 N–H and O–H groups in total. The zero-order valence-corrected chi connectivity index (χ0v) is 14.2. The van der Waals surface area contributed by atoms with Crippen molar-refractivity contribution >= 4 is 21.6 Å². The number of aliphatic hydroxyl groups is 1. The standard InChI is InChI=1S/C15H22N2O5S/c1-15(2,20)13-10-16(7-8-17(13)14(18)19)11-5-4-6-12(9-11)23(3,21)22/h4-6,9,13,20H,7-8,10H2,1-3H3,(H,18,19)/t13-/m0/s1. The van der Waals surface area contributed by atoms with Crippen molar-refractivity contribution in [3.05, 3.63) is 24.3 Å². The van der Waals surface area contributed by atoms with Crippen molar-refractivity contribution in [3.63, 3.8) is 0 Å². The molecule has 0 bridgehead atoms. The predicted molar refractivity (Wildman–Crippen MR) is 86.6 cm³/mol. The Kier molecular flexibility index (Phi) is 4.59. The first-order valence-electron chi connectivity index (χ1n) is 7.27. The number of nitrogens with zero attached hydrogens (tertiary/aromatic N) is 2. The molecule has 1 fully saturated rings. The number of anilines is 1. The minimum Gasteiger partial charge on any atom is -0.465 e. The molecule has 1 aromatic rings. The number of hydrogen-bond donors (Lipinski definition) is 2. The van der Waals surface area contributed by atoms with E-state index in [1.54, 1.807) is 32.0 Å². The molecule has 1 aliphatic heterocycles. The number of benzene rings is 1. The Balaban J connectivity index is 2.31. The zero-order valence-electron chi connectivity index (χ0n) is 13.4. The van der Waals surface area contributed by atoms with E-state index in [1.165, 1.54) is 11.0 Å². The molecule has 2 rings (SSSR count). The summed E-state index contributed by atoms with van der Waals surface area (Å²) in [5.74, 6) is 0.